The summed E-state index contributed by atoms with van der Waals surface area (Å²) in [7, 11) is 0. The van der Waals surface area contributed by atoms with E-state index in [-0.39, 0.29) is 17.0 Å². The van der Waals surface area contributed by atoms with Crippen molar-refractivity contribution in [3.8, 4) is 11.1 Å². The molecule has 4 aromatic rings. The molecular weight excluding hydrogens is 421 g/mol. The molecule has 2 aromatic carbocycles. The highest BCUT2D eigenvalue weighted by molar-refractivity contribution is 6.12. The zero-order valence-corrected chi connectivity index (χ0v) is 18.1. The number of rotatable bonds is 5. The van der Waals surface area contributed by atoms with Crippen LogP contribution in [-0.2, 0) is 11.3 Å². The van der Waals surface area contributed by atoms with Gasteiger partial charge in [0.2, 0.25) is 5.91 Å². The number of benzene rings is 2. The van der Waals surface area contributed by atoms with Crippen LogP contribution in [-0.4, -0.2) is 33.1 Å². The van der Waals surface area contributed by atoms with Gasteiger partial charge in [0.05, 0.1) is 22.8 Å². The van der Waals surface area contributed by atoms with Crippen LogP contribution in [0.5, 0.6) is 0 Å². The van der Waals surface area contributed by atoms with Crippen molar-refractivity contribution in [1.29, 1.82) is 0 Å². The van der Waals surface area contributed by atoms with Gasteiger partial charge >= 0.3 is 0 Å². The number of pyridine rings is 1. The highest BCUT2D eigenvalue weighted by atomic mass is 19.1. The Labute approximate surface area is 189 Å². The van der Waals surface area contributed by atoms with Crippen LogP contribution in [0.15, 0.2) is 60.9 Å². The summed E-state index contributed by atoms with van der Waals surface area (Å²) in [4.78, 5) is 30.7. The van der Waals surface area contributed by atoms with Crippen LogP contribution < -0.4 is 10.2 Å². The van der Waals surface area contributed by atoms with E-state index >= 15 is 4.39 Å². The average Bonchev–Trinajstić information content (AvgIpc) is 3.44. The van der Waals surface area contributed by atoms with Crippen molar-refractivity contribution in [2.75, 3.05) is 16.8 Å². The minimum atomic E-state index is -0.506. The minimum Gasteiger partial charge on any atom is -0.319 e. The van der Waals surface area contributed by atoms with E-state index in [4.69, 9.17) is 0 Å². The van der Waals surface area contributed by atoms with E-state index in [0.717, 1.165) is 12.1 Å². The lowest BCUT2D eigenvalue weighted by Gasteiger charge is -2.16. The standard InChI is InChI=1S/C25H22FN5O2/c1-2-31-20-12-11-19(16-7-9-18(10-8-16)30-14-4-6-21(30)32)23(26)22(20)24(29-31)25(33)28-17-5-3-13-27-15-17/h3,5,7-13,15H,2,4,6,14H2,1H3,(H,28,33). The van der Waals surface area contributed by atoms with E-state index in [0.29, 0.717) is 41.8 Å². The number of aromatic nitrogens is 3. The second-order valence-corrected chi connectivity index (χ2v) is 7.88. The predicted octanol–water partition coefficient (Wildman–Crippen LogP) is 4.64. The number of carbonyl (C=O) groups excluding carboxylic acids is 2. The summed E-state index contributed by atoms with van der Waals surface area (Å²) in [5.74, 6) is -0.903. The lowest BCUT2D eigenvalue weighted by molar-refractivity contribution is -0.117. The SMILES string of the molecule is CCn1nc(C(=O)Nc2cccnc2)c2c(F)c(-c3ccc(N4CCCC4=O)cc3)ccc21. The molecule has 0 spiro atoms. The number of nitrogens with zero attached hydrogens (tertiary/aromatic N) is 4. The molecule has 0 saturated carbocycles. The Morgan fingerprint density at radius 2 is 1.97 bits per heavy atom. The number of halogens is 1. The molecule has 0 aliphatic carbocycles. The second-order valence-electron chi connectivity index (χ2n) is 7.88. The number of aryl methyl sites for hydroxylation is 1. The largest absolute Gasteiger partial charge is 0.319 e. The quantitative estimate of drug-likeness (QED) is 0.487. The van der Waals surface area contributed by atoms with Gasteiger partial charge in [-0.25, -0.2) is 4.39 Å². The Morgan fingerprint density at radius 1 is 1.15 bits per heavy atom. The predicted molar refractivity (Wildman–Crippen MR) is 125 cm³/mol. The smallest absolute Gasteiger partial charge is 0.276 e. The third-order valence-corrected chi connectivity index (χ3v) is 5.85. The molecule has 1 saturated heterocycles. The van der Waals surface area contributed by atoms with Gasteiger partial charge in [0.15, 0.2) is 5.69 Å². The number of nitrogens with one attached hydrogen (secondary N) is 1. The summed E-state index contributed by atoms with van der Waals surface area (Å²) >= 11 is 0. The normalized spacial score (nSPS) is 13.6. The minimum absolute atomic E-state index is 0.0225. The van der Waals surface area contributed by atoms with E-state index in [2.05, 4.69) is 15.4 Å². The van der Waals surface area contributed by atoms with E-state index in [1.165, 1.54) is 6.20 Å². The molecule has 3 heterocycles. The molecule has 7 nitrogen and oxygen atoms in total. The Morgan fingerprint density at radius 3 is 2.64 bits per heavy atom. The zero-order valence-electron chi connectivity index (χ0n) is 18.1. The first-order valence-corrected chi connectivity index (χ1v) is 10.9. The monoisotopic (exact) mass is 443 g/mol. The van der Waals surface area contributed by atoms with Gasteiger partial charge in [0, 0.05) is 37.0 Å². The lowest BCUT2D eigenvalue weighted by Crippen LogP contribution is -2.23. The van der Waals surface area contributed by atoms with Gasteiger partial charge in [-0.3, -0.25) is 19.3 Å². The number of hydrogen-bond donors (Lipinski definition) is 1. The van der Waals surface area contributed by atoms with Crippen molar-refractivity contribution in [2.45, 2.75) is 26.3 Å². The summed E-state index contributed by atoms with van der Waals surface area (Å²) < 4.78 is 17.4. The fourth-order valence-corrected chi connectivity index (χ4v) is 4.22. The third-order valence-electron chi connectivity index (χ3n) is 5.85. The van der Waals surface area contributed by atoms with Gasteiger partial charge in [-0.2, -0.15) is 5.10 Å². The molecule has 5 rings (SSSR count). The first-order valence-electron chi connectivity index (χ1n) is 10.9. The van der Waals surface area contributed by atoms with Gasteiger partial charge in [-0.05, 0) is 55.3 Å². The zero-order chi connectivity index (χ0) is 22.9. The number of carbonyl (C=O) groups is 2. The van der Waals surface area contributed by atoms with E-state index in [9.17, 15) is 9.59 Å². The molecule has 0 atom stereocenters. The highest BCUT2D eigenvalue weighted by Crippen LogP contribution is 2.33. The molecule has 1 aliphatic rings. The number of fused-ring (bicyclic) bond motifs is 1. The van der Waals surface area contributed by atoms with Crippen molar-refractivity contribution in [3.05, 3.63) is 72.4 Å². The molecule has 1 aliphatic heterocycles. The van der Waals surface area contributed by atoms with E-state index in [1.54, 1.807) is 52.2 Å². The maximum atomic E-state index is 15.8. The van der Waals surface area contributed by atoms with Crippen LogP contribution >= 0.6 is 0 Å². The Hall–Kier alpha value is -4.07. The summed E-state index contributed by atoms with van der Waals surface area (Å²) in [5, 5.41) is 7.29. The maximum Gasteiger partial charge on any atom is 0.276 e. The van der Waals surface area contributed by atoms with Crippen LogP contribution in [0.3, 0.4) is 0 Å². The van der Waals surface area contributed by atoms with Crippen molar-refractivity contribution >= 4 is 34.1 Å². The molecule has 2 amide bonds. The molecule has 0 unspecified atom stereocenters. The van der Waals surface area contributed by atoms with Gasteiger partial charge < -0.3 is 10.2 Å². The Balaban J connectivity index is 1.54. The van der Waals surface area contributed by atoms with Crippen LogP contribution in [0.1, 0.15) is 30.3 Å². The number of anilines is 2. The lowest BCUT2D eigenvalue weighted by atomic mass is 10.0. The van der Waals surface area contributed by atoms with Crippen LogP contribution in [0, 0.1) is 5.82 Å². The topological polar surface area (TPSA) is 80.1 Å². The van der Waals surface area contributed by atoms with E-state index in [1.807, 2.05) is 19.1 Å². The van der Waals surface area contributed by atoms with Crippen LogP contribution in [0.2, 0.25) is 0 Å². The fourth-order valence-electron chi connectivity index (χ4n) is 4.22. The van der Waals surface area contributed by atoms with Crippen LogP contribution in [0.4, 0.5) is 15.8 Å². The Kier molecular flexibility index (Phi) is 5.34. The first kappa shape index (κ1) is 20.8. The third kappa shape index (κ3) is 3.73. The molecule has 8 heteroatoms. The highest BCUT2D eigenvalue weighted by Gasteiger charge is 2.24. The molecule has 166 valence electrons. The molecule has 33 heavy (non-hydrogen) atoms. The van der Waals surface area contributed by atoms with Gasteiger partial charge in [0.25, 0.3) is 5.91 Å². The Bertz CT molecular complexity index is 1350. The van der Waals surface area contributed by atoms with Gasteiger partial charge in [-0.15, -0.1) is 0 Å². The molecule has 0 bridgehead atoms. The van der Waals surface area contributed by atoms with Gasteiger partial charge in [-0.1, -0.05) is 12.1 Å². The van der Waals surface area contributed by atoms with Gasteiger partial charge in [0.1, 0.15) is 5.82 Å². The first-order chi connectivity index (χ1) is 16.1. The second kappa shape index (κ2) is 8.46. The summed E-state index contributed by atoms with van der Waals surface area (Å²) in [6, 6.07) is 14.1. The molecule has 1 N–H and O–H groups in total. The number of hydrogen-bond acceptors (Lipinski definition) is 4. The van der Waals surface area contributed by atoms with Crippen molar-refractivity contribution in [1.82, 2.24) is 14.8 Å². The van der Waals surface area contributed by atoms with Crippen molar-refractivity contribution in [3.63, 3.8) is 0 Å². The average molecular weight is 443 g/mol. The maximum absolute atomic E-state index is 15.8. The molecule has 1 fully saturated rings. The summed E-state index contributed by atoms with van der Waals surface area (Å²) in [6.07, 6.45) is 4.52. The van der Waals surface area contributed by atoms with E-state index < -0.39 is 11.7 Å². The summed E-state index contributed by atoms with van der Waals surface area (Å²) in [5.41, 5.74) is 2.91. The molecule has 2 aromatic heterocycles. The number of amides is 2. The van der Waals surface area contributed by atoms with Crippen molar-refractivity contribution in [2.24, 2.45) is 0 Å². The summed E-state index contributed by atoms with van der Waals surface area (Å²) in [6.45, 7) is 3.08. The van der Waals surface area contributed by atoms with Crippen LogP contribution in [0.25, 0.3) is 22.0 Å². The molecule has 0 radical (unpaired) electrons. The molecular formula is C25H22FN5O2. The fraction of sp³-hybridized carbons (Fsp3) is 0.200. The van der Waals surface area contributed by atoms with Crippen molar-refractivity contribution < 1.29 is 14.0 Å².